The van der Waals surface area contributed by atoms with Gasteiger partial charge in [0.1, 0.15) is 0 Å². The van der Waals surface area contributed by atoms with E-state index in [1.165, 1.54) is 38.5 Å². The smallest absolute Gasteiger partial charge is 0.0731 e. The highest BCUT2D eigenvalue weighted by Gasteiger charge is 2.40. The van der Waals surface area contributed by atoms with Gasteiger partial charge in [0, 0.05) is 24.7 Å². The van der Waals surface area contributed by atoms with Crippen LogP contribution >= 0.6 is 0 Å². The van der Waals surface area contributed by atoms with Gasteiger partial charge in [0.25, 0.3) is 0 Å². The molecule has 3 aliphatic rings. The van der Waals surface area contributed by atoms with Crippen LogP contribution in [0.4, 0.5) is 0 Å². The Hall–Kier alpha value is -0.120. The van der Waals surface area contributed by atoms with Crippen LogP contribution in [-0.2, 0) is 4.74 Å². The number of rotatable bonds is 1. The lowest BCUT2D eigenvalue weighted by atomic mass is 10.1. The third-order valence-electron chi connectivity index (χ3n) is 4.44. The second kappa shape index (κ2) is 4.04. The molecule has 2 saturated carbocycles. The van der Waals surface area contributed by atoms with Gasteiger partial charge in [0.05, 0.1) is 12.7 Å². The lowest BCUT2D eigenvalue weighted by Crippen LogP contribution is -2.52. The van der Waals surface area contributed by atoms with Gasteiger partial charge in [0.2, 0.25) is 0 Å². The van der Waals surface area contributed by atoms with E-state index < -0.39 is 0 Å². The second-order valence-corrected chi connectivity index (χ2v) is 5.37. The Morgan fingerprint density at radius 2 is 2.07 bits per heavy atom. The number of ether oxygens (including phenoxy) is 1. The molecule has 1 heterocycles. The molecular weight excluding hydrogens is 188 g/mol. The quantitative estimate of drug-likeness (QED) is 0.705. The first kappa shape index (κ1) is 10.1. The fourth-order valence-electron chi connectivity index (χ4n) is 3.70. The lowest BCUT2D eigenvalue weighted by molar-refractivity contribution is -0.0708. The SMILES string of the molecule is NC1CCC(N2CCOC3CCCC32)C1. The molecule has 0 amide bonds. The molecule has 0 bridgehead atoms. The van der Waals surface area contributed by atoms with Crippen molar-refractivity contribution in [2.24, 2.45) is 5.73 Å². The van der Waals surface area contributed by atoms with Gasteiger partial charge in [-0.3, -0.25) is 4.90 Å². The Kier molecular flexibility index (Phi) is 2.71. The third-order valence-corrected chi connectivity index (χ3v) is 4.44. The van der Waals surface area contributed by atoms with Crippen molar-refractivity contribution in [1.29, 1.82) is 0 Å². The molecular formula is C12H22N2O. The minimum absolute atomic E-state index is 0.456. The number of nitrogens with zero attached hydrogens (tertiary/aromatic N) is 1. The molecule has 1 saturated heterocycles. The van der Waals surface area contributed by atoms with E-state index in [4.69, 9.17) is 10.5 Å². The van der Waals surface area contributed by atoms with Crippen molar-refractivity contribution >= 4 is 0 Å². The fraction of sp³-hybridized carbons (Fsp3) is 1.00. The number of fused-ring (bicyclic) bond motifs is 1. The minimum Gasteiger partial charge on any atom is -0.375 e. The van der Waals surface area contributed by atoms with Crippen LogP contribution in [0, 0.1) is 0 Å². The molecule has 4 unspecified atom stereocenters. The number of hydrogen-bond acceptors (Lipinski definition) is 3. The van der Waals surface area contributed by atoms with Gasteiger partial charge in [-0.25, -0.2) is 0 Å². The first-order valence-corrected chi connectivity index (χ1v) is 6.47. The molecule has 3 fully saturated rings. The largest absolute Gasteiger partial charge is 0.375 e. The van der Waals surface area contributed by atoms with E-state index in [0.717, 1.165) is 19.2 Å². The maximum Gasteiger partial charge on any atom is 0.0731 e. The first-order chi connectivity index (χ1) is 7.34. The van der Waals surface area contributed by atoms with E-state index in [1.807, 2.05) is 0 Å². The summed E-state index contributed by atoms with van der Waals surface area (Å²) in [6.07, 6.45) is 8.25. The molecule has 0 aromatic rings. The number of nitrogens with two attached hydrogens (primary N) is 1. The molecule has 3 rings (SSSR count). The van der Waals surface area contributed by atoms with Gasteiger partial charge in [-0.1, -0.05) is 0 Å². The molecule has 0 spiro atoms. The molecule has 86 valence electrons. The van der Waals surface area contributed by atoms with Crippen LogP contribution in [0.5, 0.6) is 0 Å². The van der Waals surface area contributed by atoms with Gasteiger partial charge in [-0.05, 0) is 38.5 Å². The summed E-state index contributed by atoms with van der Waals surface area (Å²) in [7, 11) is 0. The molecule has 0 radical (unpaired) electrons. The molecule has 4 atom stereocenters. The van der Waals surface area contributed by atoms with Crippen LogP contribution in [0.3, 0.4) is 0 Å². The fourth-order valence-corrected chi connectivity index (χ4v) is 3.70. The maximum absolute atomic E-state index is 6.01. The molecule has 0 aromatic heterocycles. The zero-order valence-electron chi connectivity index (χ0n) is 9.40. The van der Waals surface area contributed by atoms with Crippen molar-refractivity contribution in [2.45, 2.75) is 62.8 Å². The maximum atomic E-state index is 6.01. The highest BCUT2D eigenvalue weighted by molar-refractivity contribution is 4.95. The number of morpholine rings is 1. The summed E-state index contributed by atoms with van der Waals surface area (Å²) < 4.78 is 5.85. The molecule has 2 N–H and O–H groups in total. The van der Waals surface area contributed by atoms with Gasteiger partial charge >= 0.3 is 0 Å². The average molecular weight is 210 g/mol. The normalized spacial score (nSPS) is 47.0. The van der Waals surface area contributed by atoms with E-state index in [9.17, 15) is 0 Å². The first-order valence-electron chi connectivity index (χ1n) is 6.47. The Morgan fingerprint density at radius 3 is 2.87 bits per heavy atom. The highest BCUT2D eigenvalue weighted by atomic mass is 16.5. The standard InChI is InChI=1S/C12H22N2O/c13-9-4-5-10(8-9)14-6-7-15-12-3-1-2-11(12)14/h9-12H,1-8,13H2. The van der Waals surface area contributed by atoms with Gasteiger partial charge < -0.3 is 10.5 Å². The summed E-state index contributed by atoms with van der Waals surface area (Å²) in [6, 6.07) is 1.93. The van der Waals surface area contributed by atoms with Crippen molar-refractivity contribution in [3.63, 3.8) is 0 Å². The number of hydrogen-bond donors (Lipinski definition) is 1. The van der Waals surface area contributed by atoms with Crippen LogP contribution < -0.4 is 5.73 Å². The molecule has 15 heavy (non-hydrogen) atoms. The van der Waals surface area contributed by atoms with Crippen LogP contribution in [0.15, 0.2) is 0 Å². The van der Waals surface area contributed by atoms with Crippen LogP contribution in [0.25, 0.3) is 0 Å². The second-order valence-electron chi connectivity index (χ2n) is 5.37. The topological polar surface area (TPSA) is 38.5 Å². The van der Waals surface area contributed by atoms with Gasteiger partial charge in [0.15, 0.2) is 0 Å². The third kappa shape index (κ3) is 1.81. The minimum atomic E-state index is 0.456. The van der Waals surface area contributed by atoms with Crippen molar-refractivity contribution in [3.05, 3.63) is 0 Å². The predicted molar refractivity (Wildman–Crippen MR) is 59.7 cm³/mol. The Labute approximate surface area is 91.9 Å². The van der Waals surface area contributed by atoms with E-state index >= 15 is 0 Å². The molecule has 0 aromatic carbocycles. The molecule has 3 nitrogen and oxygen atoms in total. The summed E-state index contributed by atoms with van der Waals surface area (Å²) in [5, 5.41) is 0. The average Bonchev–Trinajstić information content (AvgIpc) is 2.84. The molecule has 3 heteroatoms. The summed E-state index contributed by atoms with van der Waals surface area (Å²) in [5.74, 6) is 0. The Balaban J connectivity index is 1.69. The van der Waals surface area contributed by atoms with Crippen molar-refractivity contribution in [2.75, 3.05) is 13.2 Å². The summed E-state index contributed by atoms with van der Waals surface area (Å²) in [5.41, 5.74) is 6.01. The summed E-state index contributed by atoms with van der Waals surface area (Å²) in [4.78, 5) is 2.72. The van der Waals surface area contributed by atoms with Gasteiger partial charge in [-0.2, -0.15) is 0 Å². The van der Waals surface area contributed by atoms with Gasteiger partial charge in [-0.15, -0.1) is 0 Å². The van der Waals surface area contributed by atoms with Crippen LogP contribution in [-0.4, -0.2) is 42.3 Å². The van der Waals surface area contributed by atoms with E-state index in [-0.39, 0.29) is 0 Å². The lowest BCUT2D eigenvalue weighted by Gasteiger charge is -2.41. The predicted octanol–water partition coefficient (Wildman–Crippen LogP) is 1.12. The van der Waals surface area contributed by atoms with Crippen LogP contribution in [0.2, 0.25) is 0 Å². The van der Waals surface area contributed by atoms with E-state index in [0.29, 0.717) is 18.2 Å². The monoisotopic (exact) mass is 210 g/mol. The van der Waals surface area contributed by atoms with Crippen LogP contribution in [0.1, 0.15) is 38.5 Å². The van der Waals surface area contributed by atoms with Crippen molar-refractivity contribution in [1.82, 2.24) is 4.90 Å². The Bertz CT molecular complexity index is 234. The highest BCUT2D eigenvalue weighted by Crippen LogP contribution is 2.34. The van der Waals surface area contributed by atoms with Crippen molar-refractivity contribution < 1.29 is 4.74 Å². The summed E-state index contributed by atoms with van der Waals surface area (Å²) >= 11 is 0. The Morgan fingerprint density at radius 1 is 1.13 bits per heavy atom. The molecule has 1 aliphatic heterocycles. The van der Waals surface area contributed by atoms with E-state index in [1.54, 1.807) is 0 Å². The zero-order valence-corrected chi connectivity index (χ0v) is 9.40. The van der Waals surface area contributed by atoms with E-state index in [2.05, 4.69) is 4.90 Å². The zero-order chi connectivity index (χ0) is 10.3. The van der Waals surface area contributed by atoms with Crippen molar-refractivity contribution in [3.8, 4) is 0 Å². The summed E-state index contributed by atoms with van der Waals surface area (Å²) in [6.45, 7) is 2.07. The molecule has 2 aliphatic carbocycles.